The van der Waals surface area contributed by atoms with Crippen LogP contribution in [0.2, 0.25) is 0 Å². The van der Waals surface area contributed by atoms with E-state index in [4.69, 9.17) is 9.26 Å². The lowest BCUT2D eigenvalue weighted by molar-refractivity contribution is -0.00609. The first-order chi connectivity index (χ1) is 12.2. The van der Waals surface area contributed by atoms with E-state index in [1.807, 2.05) is 23.1 Å². The van der Waals surface area contributed by atoms with Gasteiger partial charge < -0.3 is 19.5 Å². The van der Waals surface area contributed by atoms with Crippen LogP contribution in [-0.2, 0) is 17.8 Å². The molecule has 2 aromatic rings. The van der Waals surface area contributed by atoms with Gasteiger partial charge in [0.1, 0.15) is 6.61 Å². The average molecular weight is 344 g/mol. The molecule has 0 spiro atoms. The number of hydrogen-bond acceptors (Lipinski definition) is 5. The molecule has 25 heavy (non-hydrogen) atoms. The van der Waals surface area contributed by atoms with Gasteiger partial charge in [-0.15, -0.1) is 0 Å². The predicted molar refractivity (Wildman–Crippen MR) is 92.0 cm³/mol. The second kappa shape index (κ2) is 8.62. The molecule has 0 unspecified atom stereocenters. The van der Waals surface area contributed by atoms with Crippen molar-refractivity contribution in [1.29, 1.82) is 0 Å². The van der Waals surface area contributed by atoms with Crippen LogP contribution in [0.3, 0.4) is 0 Å². The van der Waals surface area contributed by atoms with E-state index >= 15 is 0 Å². The van der Waals surface area contributed by atoms with Crippen molar-refractivity contribution in [2.24, 2.45) is 0 Å². The molecule has 2 amide bonds. The summed E-state index contributed by atoms with van der Waals surface area (Å²) in [6, 6.07) is 10.2. The molecule has 1 aromatic heterocycles. The minimum atomic E-state index is 0.00177. The molecule has 2 heterocycles. The standard InChI is InChI=1S/C18H24N4O3/c1-14-20-17(25-21-14)13-24-16-8-11-22(12-9-16)18(23)19-10-7-15-5-3-2-4-6-15/h2-6,16H,7-13H2,1H3,(H,19,23). The molecule has 1 aliphatic rings. The summed E-state index contributed by atoms with van der Waals surface area (Å²) >= 11 is 0. The Kier molecular flexibility index (Phi) is 6.00. The normalized spacial score (nSPS) is 15.3. The number of nitrogens with one attached hydrogen (secondary N) is 1. The summed E-state index contributed by atoms with van der Waals surface area (Å²) in [4.78, 5) is 18.2. The quantitative estimate of drug-likeness (QED) is 0.870. The fourth-order valence-electron chi connectivity index (χ4n) is 2.88. The van der Waals surface area contributed by atoms with Gasteiger partial charge in [-0.25, -0.2) is 4.79 Å². The zero-order valence-corrected chi connectivity index (χ0v) is 14.5. The monoisotopic (exact) mass is 344 g/mol. The molecule has 3 rings (SSSR count). The highest BCUT2D eigenvalue weighted by atomic mass is 16.5. The van der Waals surface area contributed by atoms with Crippen molar-refractivity contribution >= 4 is 6.03 Å². The van der Waals surface area contributed by atoms with E-state index in [1.54, 1.807) is 6.92 Å². The molecule has 7 nitrogen and oxygen atoms in total. The molecule has 7 heteroatoms. The lowest BCUT2D eigenvalue weighted by Crippen LogP contribution is -2.46. The van der Waals surface area contributed by atoms with Crippen molar-refractivity contribution in [1.82, 2.24) is 20.4 Å². The maximum atomic E-state index is 12.2. The molecule has 1 N–H and O–H groups in total. The van der Waals surface area contributed by atoms with Gasteiger partial charge in [0.15, 0.2) is 5.82 Å². The van der Waals surface area contributed by atoms with E-state index in [-0.39, 0.29) is 12.1 Å². The Morgan fingerprint density at radius 3 is 2.76 bits per heavy atom. The third kappa shape index (κ3) is 5.29. The van der Waals surface area contributed by atoms with Gasteiger partial charge in [-0.3, -0.25) is 0 Å². The second-order valence-corrected chi connectivity index (χ2v) is 6.20. The molecule has 1 aromatic carbocycles. The first kappa shape index (κ1) is 17.4. The fourth-order valence-corrected chi connectivity index (χ4v) is 2.88. The molecule has 0 atom stereocenters. The number of carbonyl (C=O) groups is 1. The van der Waals surface area contributed by atoms with Crippen molar-refractivity contribution in [3.05, 3.63) is 47.6 Å². The third-order valence-corrected chi connectivity index (χ3v) is 4.27. The predicted octanol–water partition coefficient (Wildman–Crippen LogP) is 2.31. The molecule has 1 aliphatic heterocycles. The minimum Gasteiger partial charge on any atom is -0.368 e. The van der Waals surface area contributed by atoms with Crippen molar-refractivity contribution in [2.45, 2.75) is 38.9 Å². The largest absolute Gasteiger partial charge is 0.368 e. The second-order valence-electron chi connectivity index (χ2n) is 6.20. The van der Waals surface area contributed by atoms with Gasteiger partial charge in [0.25, 0.3) is 5.89 Å². The SMILES string of the molecule is Cc1noc(COC2CCN(C(=O)NCCc3ccccc3)CC2)n1. The summed E-state index contributed by atoms with van der Waals surface area (Å²) in [6.07, 6.45) is 2.61. The van der Waals surface area contributed by atoms with Crippen LogP contribution in [0.5, 0.6) is 0 Å². The van der Waals surface area contributed by atoms with Gasteiger partial charge in [0.05, 0.1) is 6.10 Å². The Hall–Kier alpha value is -2.41. The van der Waals surface area contributed by atoms with Crippen molar-refractivity contribution < 1.29 is 14.1 Å². The van der Waals surface area contributed by atoms with Crippen LogP contribution in [-0.4, -0.2) is 46.8 Å². The number of aryl methyl sites for hydroxylation is 1. The van der Waals surface area contributed by atoms with Gasteiger partial charge >= 0.3 is 6.03 Å². The summed E-state index contributed by atoms with van der Waals surface area (Å²) in [5.41, 5.74) is 1.23. The Morgan fingerprint density at radius 1 is 1.32 bits per heavy atom. The van der Waals surface area contributed by atoms with E-state index in [9.17, 15) is 4.79 Å². The van der Waals surface area contributed by atoms with Gasteiger partial charge in [-0.1, -0.05) is 35.5 Å². The topological polar surface area (TPSA) is 80.5 Å². The summed E-state index contributed by atoms with van der Waals surface area (Å²) in [6.45, 7) is 4.15. The van der Waals surface area contributed by atoms with Crippen LogP contribution >= 0.6 is 0 Å². The highest BCUT2D eigenvalue weighted by Crippen LogP contribution is 2.15. The molecule has 0 saturated carbocycles. The maximum Gasteiger partial charge on any atom is 0.317 e. The third-order valence-electron chi connectivity index (χ3n) is 4.27. The fraction of sp³-hybridized carbons (Fsp3) is 0.500. The number of aromatic nitrogens is 2. The number of piperidine rings is 1. The summed E-state index contributed by atoms with van der Waals surface area (Å²) in [7, 11) is 0. The van der Waals surface area contributed by atoms with Crippen molar-refractivity contribution in [2.75, 3.05) is 19.6 Å². The van der Waals surface area contributed by atoms with Gasteiger partial charge in [-0.05, 0) is 31.7 Å². The zero-order chi connectivity index (χ0) is 17.5. The van der Waals surface area contributed by atoms with Crippen LogP contribution in [0.15, 0.2) is 34.9 Å². The number of amides is 2. The Bertz CT molecular complexity index is 666. The summed E-state index contributed by atoms with van der Waals surface area (Å²) < 4.78 is 10.8. The Morgan fingerprint density at radius 2 is 2.08 bits per heavy atom. The lowest BCUT2D eigenvalue weighted by Gasteiger charge is -2.31. The van der Waals surface area contributed by atoms with Crippen LogP contribution in [0.25, 0.3) is 0 Å². The molecule has 0 radical (unpaired) electrons. The first-order valence-electron chi connectivity index (χ1n) is 8.68. The molecule has 1 saturated heterocycles. The van der Waals surface area contributed by atoms with Crippen LogP contribution < -0.4 is 5.32 Å². The molecule has 1 fully saturated rings. The minimum absolute atomic E-state index is 0.00177. The highest BCUT2D eigenvalue weighted by molar-refractivity contribution is 5.74. The molecule has 0 aliphatic carbocycles. The lowest BCUT2D eigenvalue weighted by atomic mass is 10.1. The van der Waals surface area contributed by atoms with Crippen molar-refractivity contribution in [3.63, 3.8) is 0 Å². The number of likely N-dealkylation sites (tertiary alicyclic amines) is 1. The number of carbonyl (C=O) groups excluding carboxylic acids is 1. The van der Waals surface area contributed by atoms with Crippen molar-refractivity contribution in [3.8, 4) is 0 Å². The summed E-state index contributed by atoms with van der Waals surface area (Å²) in [5.74, 6) is 1.11. The van der Waals surface area contributed by atoms with Gasteiger partial charge in [-0.2, -0.15) is 4.98 Å². The number of urea groups is 1. The van der Waals surface area contributed by atoms with Gasteiger partial charge in [0, 0.05) is 19.6 Å². The van der Waals surface area contributed by atoms with Crippen LogP contribution in [0, 0.1) is 6.92 Å². The zero-order valence-electron chi connectivity index (χ0n) is 14.5. The maximum absolute atomic E-state index is 12.2. The first-order valence-corrected chi connectivity index (χ1v) is 8.68. The molecule has 0 bridgehead atoms. The molecular formula is C18H24N4O3. The van der Waals surface area contributed by atoms with E-state index in [0.717, 1.165) is 19.3 Å². The van der Waals surface area contributed by atoms with Crippen LogP contribution in [0.4, 0.5) is 4.79 Å². The molecule has 134 valence electrons. The number of nitrogens with zero attached hydrogens (tertiary/aromatic N) is 3. The highest BCUT2D eigenvalue weighted by Gasteiger charge is 2.23. The number of ether oxygens (including phenoxy) is 1. The Balaban J connectivity index is 1.33. The van der Waals surface area contributed by atoms with E-state index in [2.05, 4.69) is 27.6 Å². The number of hydrogen-bond donors (Lipinski definition) is 1. The average Bonchev–Trinajstić information content (AvgIpc) is 3.06. The van der Waals surface area contributed by atoms with E-state index in [0.29, 0.717) is 38.0 Å². The van der Waals surface area contributed by atoms with Crippen LogP contribution in [0.1, 0.15) is 30.1 Å². The molecular weight excluding hydrogens is 320 g/mol. The number of benzene rings is 1. The smallest absolute Gasteiger partial charge is 0.317 e. The number of rotatable bonds is 6. The van der Waals surface area contributed by atoms with E-state index in [1.165, 1.54) is 5.56 Å². The Labute approximate surface area is 147 Å². The van der Waals surface area contributed by atoms with Gasteiger partial charge in [0.2, 0.25) is 0 Å². The van der Waals surface area contributed by atoms with E-state index < -0.39 is 0 Å². The summed E-state index contributed by atoms with van der Waals surface area (Å²) in [5, 5.41) is 6.73.